The maximum Gasteiger partial charge on any atom is 0.164 e. The van der Waals surface area contributed by atoms with Crippen molar-refractivity contribution in [3.05, 3.63) is 24.0 Å². The van der Waals surface area contributed by atoms with E-state index in [9.17, 15) is 4.79 Å². The second-order valence-electron chi connectivity index (χ2n) is 3.86. The minimum absolute atomic E-state index is 0.124. The Morgan fingerprint density at radius 3 is 2.80 bits per heavy atom. The summed E-state index contributed by atoms with van der Waals surface area (Å²) in [5, 5.41) is 0. The zero-order chi connectivity index (χ0) is 11.3. The van der Waals surface area contributed by atoms with Crippen LogP contribution in [0.2, 0.25) is 0 Å². The summed E-state index contributed by atoms with van der Waals surface area (Å²) in [5.74, 6) is 1.15. The summed E-state index contributed by atoms with van der Waals surface area (Å²) in [4.78, 5) is 15.7. The van der Waals surface area contributed by atoms with Crippen molar-refractivity contribution in [2.75, 3.05) is 6.61 Å². The molecule has 0 spiro atoms. The van der Waals surface area contributed by atoms with E-state index in [1.807, 2.05) is 20.8 Å². The lowest BCUT2D eigenvalue weighted by Gasteiger charge is -2.06. The third kappa shape index (κ3) is 3.70. The quantitative estimate of drug-likeness (QED) is 0.697. The number of pyridine rings is 1. The number of hydrogen-bond acceptors (Lipinski definition) is 3. The number of carbonyl (C=O) groups is 1. The highest BCUT2D eigenvalue weighted by atomic mass is 16.5. The molecule has 0 aliphatic carbocycles. The molecule has 0 atom stereocenters. The Bertz CT molecular complexity index is 334. The molecule has 1 rings (SSSR count). The molecular formula is C12H17NO2. The van der Waals surface area contributed by atoms with Crippen molar-refractivity contribution >= 4 is 5.78 Å². The van der Waals surface area contributed by atoms with Crippen molar-refractivity contribution in [2.45, 2.75) is 27.2 Å². The molecule has 82 valence electrons. The van der Waals surface area contributed by atoms with E-state index >= 15 is 0 Å². The van der Waals surface area contributed by atoms with E-state index in [2.05, 4.69) is 4.98 Å². The van der Waals surface area contributed by atoms with E-state index < -0.39 is 0 Å². The average Bonchev–Trinajstić information content (AvgIpc) is 2.17. The van der Waals surface area contributed by atoms with Crippen LogP contribution in [0.3, 0.4) is 0 Å². The first kappa shape index (κ1) is 11.7. The molecule has 0 saturated carbocycles. The first-order chi connectivity index (χ1) is 7.13. The Hall–Kier alpha value is -1.38. The highest BCUT2D eigenvalue weighted by molar-refractivity contribution is 5.96. The summed E-state index contributed by atoms with van der Waals surface area (Å²) >= 11 is 0. The molecule has 0 aliphatic rings. The van der Waals surface area contributed by atoms with Crippen molar-refractivity contribution in [3.8, 4) is 5.75 Å². The number of aromatic nitrogens is 1. The van der Waals surface area contributed by atoms with Crippen LogP contribution in [0.5, 0.6) is 5.75 Å². The van der Waals surface area contributed by atoms with Crippen LogP contribution in [0.15, 0.2) is 18.5 Å². The predicted octanol–water partition coefficient (Wildman–Crippen LogP) is 2.71. The molecule has 1 aromatic heterocycles. The van der Waals surface area contributed by atoms with Crippen LogP contribution in [-0.4, -0.2) is 17.4 Å². The Morgan fingerprint density at radius 1 is 1.47 bits per heavy atom. The fraction of sp³-hybridized carbons (Fsp3) is 0.500. The molecule has 0 aliphatic heterocycles. The summed E-state index contributed by atoms with van der Waals surface area (Å²) in [6.45, 7) is 6.54. The van der Waals surface area contributed by atoms with Gasteiger partial charge < -0.3 is 4.74 Å². The SMILES string of the molecule is CCOc1cncc(C(=O)CC(C)C)c1. The zero-order valence-corrected chi connectivity index (χ0v) is 9.49. The smallest absolute Gasteiger partial charge is 0.164 e. The van der Waals surface area contributed by atoms with E-state index in [-0.39, 0.29) is 5.78 Å². The molecule has 0 fully saturated rings. The third-order valence-electron chi connectivity index (χ3n) is 1.94. The average molecular weight is 207 g/mol. The highest BCUT2D eigenvalue weighted by Gasteiger charge is 2.09. The van der Waals surface area contributed by atoms with Gasteiger partial charge in [-0.25, -0.2) is 0 Å². The molecular weight excluding hydrogens is 190 g/mol. The molecule has 0 N–H and O–H groups in total. The van der Waals surface area contributed by atoms with Crippen LogP contribution >= 0.6 is 0 Å². The van der Waals surface area contributed by atoms with Gasteiger partial charge in [0.25, 0.3) is 0 Å². The normalized spacial score (nSPS) is 10.4. The maximum absolute atomic E-state index is 11.7. The second kappa shape index (κ2) is 5.49. The molecule has 0 unspecified atom stereocenters. The molecule has 1 heterocycles. The summed E-state index contributed by atoms with van der Waals surface area (Å²) < 4.78 is 5.29. The zero-order valence-electron chi connectivity index (χ0n) is 9.49. The van der Waals surface area contributed by atoms with Gasteiger partial charge in [-0.15, -0.1) is 0 Å². The van der Waals surface area contributed by atoms with Crippen molar-refractivity contribution in [2.24, 2.45) is 5.92 Å². The molecule has 0 saturated heterocycles. The number of rotatable bonds is 5. The number of Topliss-reactive ketones (excluding diaryl/α,β-unsaturated/α-hetero) is 1. The van der Waals surface area contributed by atoms with Gasteiger partial charge in [-0.2, -0.15) is 0 Å². The third-order valence-corrected chi connectivity index (χ3v) is 1.94. The van der Waals surface area contributed by atoms with Gasteiger partial charge in [0.1, 0.15) is 5.75 Å². The fourth-order valence-electron chi connectivity index (χ4n) is 1.31. The van der Waals surface area contributed by atoms with Crippen molar-refractivity contribution < 1.29 is 9.53 Å². The Balaban J connectivity index is 2.76. The number of ether oxygens (including phenoxy) is 1. The number of carbonyl (C=O) groups excluding carboxylic acids is 1. The van der Waals surface area contributed by atoms with E-state index in [1.54, 1.807) is 18.5 Å². The predicted molar refractivity (Wildman–Crippen MR) is 59.2 cm³/mol. The molecule has 1 aromatic rings. The van der Waals surface area contributed by atoms with Crippen LogP contribution in [0.1, 0.15) is 37.6 Å². The minimum Gasteiger partial charge on any atom is -0.492 e. The van der Waals surface area contributed by atoms with Crippen molar-refractivity contribution in [1.29, 1.82) is 0 Å². The standard InChI is InChI=1S/C12H17NO2/c1-4-15-11-6-10(7-13-8-11)12(14)5-9(2)3/h6-9H,4-5H2,1-3H3. The lowest BCUT2D eigenvalue weighted by Crippen LogP contribution is -2.04. The Morgan fingerprint density at radius 2 is 2.20 bits per heavy atom. The summed E-state index contributed by atoms with van der Waals surface area (Å²) in [6, 6.07) is 1.75. The van der Waals surface area contributed by atoms with Gasteiger partial charge in [-0.3, -0.25) is 9.78 Å². The van der Waals surface area contributed by atoms with Gasteiger partial charge in [0.2, 0.25) is 0 Å². The van der Waals surface area contributed by atoms with Gasteiger partial charge >= 0.3 is 0 Å². The molecule has 0 bridgehead atoms. The highest BCUT2D eigenvalue weighted by Crippen LogP contribution is 2.14. The number of hydrogen-bond donors (Lipinski definition) is 0. The van der Waals surface area contributed by atoms with Crippen molar-refractivity contribution in [3.63, 3.8) is 0 Å². The first-order valence-corrected chi connectivity index (χ1v) is 5.24. The number of nitrogens with zero attached hydrogens (tertiary/aromatic N) is 1. The van der Waals surface area contributed by atoms with Gasteiger partial charge in [0, 0.05) is 18.2 Å². The van der Waals surface area contributed by atoms with E-state index in [1.165, 1.54) is 0 Å². The molecule has 0 radical (unpaired) electrons. The summed E-state index contributed by atoms with van der Waals surface area (Å²) in [5.41, 5.74) is 0.634. The van der Waals surface area contributed by atoms with E-state index in [0.717, 1.165) is 0 Å². The van der Waals surface area contributed by atoms with Crippen LogP contribution in [0.4, 0.5) is 0 Å². The van der Waals surface area contributed by atoms with E-state index in [0.29, 0.717) is 30.3 Å². The van der Waals surface area contributed by atoms with E-state index in [4.69, 9.17) is 4.74 Å². The lowest BCUT2D eigenvalue weighted by atomic mass is 10.0. The summed E-state index contributed by atoms with van der Waals surface area (Å²) in [6.07, 6.45) is 3.76. The largest absolute Gasteiger partial charge is 0.492 e. The monoisotopic (exact) mass is 207 g/mol. The molecule has 3 nitrogen and oxygen atoms in total. The van der Waals surface area contributed by atoms with Gasteiger partial charge in [0.05, 0.1) is 12.8 Å². The van der Waals surface area contributed by atoms with Crippen LogP contribution in [0, 0.1) is 5.92 Å². The van der Waals surface area contributed by atoms with Gasteiger partial charge in [0.15, 0.2) is 5.78 Å². The van der Waals surface area contributed by atoms with Crippen LogP contribution in [-0.2, 0) is 0 Å². The summed E-state index contributed by atoms with van der Waals surface area (Å²) in [7, 11) is 0. The Labute approximate surface area is 90.5 Å². The number of ketones is 1. The minimum atomic E-state index is 0.124. The fourth-order valence-corrected chi connectivity index (χ4v) is 1.31. The van der Waals surface area contributed by atoms with Crippen LogP contribution in [0.25, 0.3) is 0 Å². The maximum atomic E-state index is 11.7. The molecule has 3 heteroatoms. The molecule has 0 aromatic carbocycles. The second-order valence-corrected chi connectivity index (χ2v) is 3.86. The topological polar surface area (TPSA) is 39.2 Å². The van der Waals surface area contributed by atoms with Gasteiger partial charge in [-0.1, -0.05) is 13.8 Å². The van der Waals surface area contributed by atoms with Gasteiger partial charge in [-0.05, 0) is 18.9 Å². The molecule has 15 heavy (non-hydrogen) atoms. The first-order valence-electron chi connectivity index (χ1n) is 5.24. The van der Waals surface area contributed by atoms with Crippen LogP contribution < -0.4 is 4.74 Å². The lowest BCUT2D eigenvalue weighted by molar-refractivity contribution is 0.0967. The van der Waals surface area contributed by atoms with Crippen molar-refractivity contribution in [1.82, 2.24) is 4.98 Å². The molecule has 0 amide bonds. The Kier molecular flexibility index (Phi) is 4.28.